The summed E-state index contributed by atoms with van der Waals surface area (Å²) in [5.41, 5.74) is 1.66. The van der Waals surface area contributed by atoms with E-state index < -0.39 is 34.4 Å². The van der Waals surface area contributed by atoms with Gasteiger partial charge in [-0.05, 0) is 48.9 Å². The van der Waals surface area contributed by atoms with Crippen LogP contribution in [0.1, 0.15) is 70.6 Å². The number of amides is 2. The normalized spacial score (nSPS) is 20.2. The Morgan fingerprint density at radius 1 is 1.08 bits per heavy atom. The fourth-order valence-electron chi connectivity index (χ4n) is 6.42. The maximum Gasteiger partial charge on any atom is 0.407 e. The number of carbonyl (C=O) groups is 2. The number of rotatable bonds is 18. The third-order valence-corrected chi connectivity index (χ3v) is 11.0. The smallest absolute Gasteiger partial charge is 0.407 e. The summed E-state index contributed by atoms with van der Waals surface area (Å²) in [6, 6.07) is 12.9. The molecule has 2 fully saturated rings. The molecule has 0 radical (unpaired) electrons. The number of fused-ring (bicyclic) bond motifs is 2. The van der Waals surface area contributed by atoms with E-state index in [0.717, 1.165) is 37.7 Å². The molecule has 274 valence electrons. The van der Waals surface area contributed by atoms with E-state index in [9.17, 15) is 23.1 Å². The number of nitrogens with zero attached hydrogens (tertiary/aromatic N) is 2. The molecule has 2 saturated heterocycles. The van der Waals surface area contributed by atoms with Crippen LogP contribution in [0.15, 0.2) is 57.9 Å². The topological polar surface area (TPSA) is 170 Å². The molecule has 14 heteroatoms. The largest absolute Gasteiger partial charge is 0.443 e. The van der Waals surface area contributed by atoms with Gasteiger partial charge in [0, 0.05) is 24.9 Å². The van der Waals surface area contributed by atoms with Crippen LogP contribution >= 0.6 is 0 Å². The number of unbranched alkanes of at least 4 members (excludes halogenated alkanes) is 3. The molecule has 0 aliphatic carbocycles. The molecule has 1 aromatic heterocycles. The van der Waals surface area contributed by atoms with Gasteiger partial charge in [-0.1, -0.05) is 75.5 Å². The lowest BCUT2D eigenvalue weighted by Crippen LogP contribution is -2.51. The fraction of sp³-hybridized carbons (Fsp3) is 0.583. The van der Waals surface area contributed by atoms with Gasteiger partial charge in [-0.3, -0.25) is 4.79 Å². The number of aliphatic hydroxyl groups excluding tert-OH is 1. The summed E-state index contributed by atoms with van der Waals surface area (Å²) in [5.74, 6) is -0.233. The molecule has 13 nitrogen and oxygen atoms in total. The quantitative estimate of drug-likeness (QED) is 0.159. The van der Waals surface area contributed by atoms with Crippen molar-refractivity contribution in [1.82, 2.24) is 20.1 Å². The lowest BCUT2D eigenvalue weighted by Gasteiger charge is -2.31. The Morgan fingerprint density at radius 3 is 2.64 bits per heavy atom. The molecule has 1 unspecified atom stereocenters. The van der Waals surface area contributed by atoms with Crippen molar-refractivity contribution in [2.45, 2.75) is 102 Å². The van der Waals surface area contributed by atoms with Crippen LogP contribution in [-0.4, -0.2) is 85.8 Å². The first-order valence-electron chi connectivity index (χ1n) is 17.6. The number of sulfonamides is 1. The van der Waals surface area contributed by atoms with E-state index in [0.29, 0.717) is 29.7 Å². The van der Waals surface area contributed by atoms with Gasteiger partial charge >= 0.3 is 6.09 Å². The number of nitrogens with one attached hydrogen (secondary N) is 2. The summed E-state index contributed by atoms with van der Waals surface area (Å²) in [6.07, 6.45) is 2.43. The van der Waals surface area contributed by atoms with Crippen LogP contribution in [0, 0.1) is 11.8 Å². The zero-order chi connectivity index (χ0) is 35.7. The van der Waals surface area contributed by atoms with Crippen LogP contribution in [0.4, 0.5) is 4.79 Å². The number of hydrogen-bond donors (Lipinski definition) is 3. The van der Waals surface area contributed by atoms with Crippen molar-refractivity contribution < 1.29 is 41.8 Å². The van der Waals surface area contributed by atoms with Crippen molar-refractivity contribution in [3.05, 3.63) is 59.8 Å². The van der Waals surface area contributed by atoms with E-state index in [2.05, 4.69) is 22.7 Å². The second kappa shape index (κ2) is 17.6. The van der Waals surface area contributed by atoms with Crippen LogP contribution in [0.5, 0.6) is 0 Å². The molecule has 0 spiro atoms. The highest BCUT2D eigenvalue weighted by molar-refractivity contribution is 7.89. The number of ether oxygens (including phenoxy) is 3. The van der Waals surface area contributed by atoms with E-state index in [1.807, 2.05) is 44.2 Å². The minimum Gasteiger partial charge on any atom is -0.443 e. The minimum atomic E-state index is -4.15. The molecule has 5 rings (SSSR count). The first-order chi connectivity index (χ1) is 24.0. The molecule has 2 aliphatic heterocycles. The lowest BCUT2D eigenvalue weighted by atomic mass is 10.0. The Kier molecular flexibility index (Phi) is 13.3. The predicted octanol–water partition coefficient (Wildman–Crippen LogP) is 4.52. The Bertz CT molecular complexity index is 1670. The van der Waals surface area contributed by atoms with Crippen molar-refractivity contribution in [1.29, 1.82) is 0 Å². The van der Waals surface area contributed by atoms with E-state index in [-0.39, 0.29) is 61.6 Å². The van der Waals surface area contributed by atoms with Crippen LogP contribution in [0.3, 0.4) is 0 Å². The van der Waals surface area contributed by atoms with E-state index in [1.165, 1.54) is 22.5 Å². The molecule has 3 aromatic rings. The van der Waals surface area contributed by atoms with Crippen molar-refractivity contribution in [3.8, 4) is 0 Å². The SMILES string of the molecule is CCCCCCC(=O)NCc1noc2ccc(S(=O)(=O)N(CC(C)C)C[C@@H](O)[C@H](Cc3ccccc3)NC(=O)OC3CO[C@H]4OCC[C@@H]34)cc12. The second-order valence-electron chi connectivity index (χ2n) is 13.6. The summed E-state index contributed by atoms with van der Waals surface area (Å²) in [7, 11) is -4.15. The van der Waals surface area contributed by atoms with Gasteiger partial charge in [0.25, 0.3) is 0 Å². The van der Waals surface area contributed by atoms with Gasteiger partial charge < -0.3 is 34.5 Å². The molecule has 2 aliphatic rings. The third kappa shape index (κ3) is 9.81. The van der Waals surface area contributed by atoms with Crippen molar-refractivity contribution in [2.75, 3.05) is 26.3 Å². The molecule has 2 aromatic carbocycles. The zero-order valence-electron chi connectivity index (χ0n) is 29.1. The summed E-state index contributed by atoms with van der Waals surface area (Å²) in [4.78, 5) is 25.5. The molecule has 0 bridgehead atoms. The van der Waals surface area contributed by atoms with Gasteiger partial charge in [-0.15, -0.1) is 0 Å². The summed E-state index contributed by atoms with van der Waals surface area (Å²) in [6.45, 7) is 6.58. The van der Waals surface area contributed by atoms with Crippen molar-refractivity contribution >= 4 is 33.0 Å². The van der Waals surface area contributed by atoms with Gasteiger partial charge in [-0.2, -0.15) is 4.31 Å². The third-order valence-electron chi connectivity index (χ3n) is 9.13. The number of benzene rings is 2. The highest BCUT2D eigenvalue weighted by Gasteiger charge is 2.44. The average Bonchev–Trinajstić information content (AvgIpc) is 3.83. The Hall–Kier alpha value is -3.56. The molecule has 3 N–H and O–H groups in total. The van der Waals surface area contributed by atoms with Crippen LogP contribution in [-0.2, 0) is 42.0 Å². The van der Waals surface area contributed by atoms with Gasteiger partial charge in [-0.25, -0.2) is 13.2 Å². The minimum absolute atomic E-state index is 0.00487. The van der Waals surface area contributed by atoms with Gasteiger partial charge in [0.15, 0.2) is 11.9 Å². The maximum atomic E-state index is 14.2. The first-order valence-corrected chi connectivity index (χ1v) is 19.1. The lowest BCUT2D eigenvalue weighted by molar-refractivity contribution is -0.121. The highest BCUT2D eigenvalue weighted by atomic mass is 32.2. The monoisotopic (exact) mass is 714 g/mol. The van der Waals surface area contributed by atoms with E-state index in [1.54, 1.807) is 0 Å². The number of carbonyl (C=O) groups excluding carboxylic acids is 2. The van der Waals surface area contributed by atoms with Crippen LogP contribution in [0.2, 0.25) is 0 Å². The summed E-state index contributed by atoms with van der Waals surface area (Å²) < 4.78 is 52.0. The predicted molar refractivity (Wildman–Crippen MR) is 185 cm³/mol. The molecular formula is C36H50N4O9S. The zero-order valence-corrected chi connectivity index (χ0v) is 29.9. The molecular weight excluding hydrogens is 664 g/mol. The van der Waals surface area contributed by atoms with Gasteiger partial charge in [0.1, 0.15) is 11.8 Å². The van der Waals surface area contributed by atoms with E-state index in [4.69, 9.17) is 18.7 Å². The Balaban J connectivity index is 1.31. The molecule has 0 saturated carbocycles. The van der Waals surface area contributed by atoms with Crippen LogP contribution < -0.4 is 10.6 Å². The number of aromatic nitrogens is 1. The first kappa shape index (κ1) is 37.7. The molecule has 50 heavy (non-hydrogen) atoms. The van der Waals surface area contributed by atoms with Gasteiger partial charge in [0.05, 0.1) is 42.7 Å². The number of aliphatic hydroxyl groups is 1. The fourth-order valence-corrected chi connectivity index (χ4v) is 8.07. The number of alkyl carbamates (subject to hydrolysis) is 1. The van der Waals surface area contributed by atoms with E-state index >= 15 is 0 Å². The number of hydrogen-bond acceptors (Lipinski definition) is 10. The van der Waals surface area contributed by atoms with Gasteiger partial charge in [0.2, 0.25) is 15.9 Å². The summed E-state index contributed by atoms with van der Waals surface area (Å²) >= 11 is 0. The second-order valence-corrected chi connectivity index (χ2v) is 15.5. The van der Waals surface area contributed by atoms with Crippen molar-refractivity contribution in [3.63, 3.8) is 0 Å². The molecule has 5 atom stereocenters. The average molecular weight is 715 g/mol. The molecule has 3 heterocycles. The molecule has 2 amide bonds. The Labute approximate surface area is 294 Å². The Morgan fingerprint density at radius 2 is 1.88 bits per heavy atom. The standard InChI is InChI=1S/C36H50N4O9S/c1-4-5-6-10-13-34(42)37-20-30-28-19-26(14-15-32(28)49-39-30)50(44,45)40(21-24(2)3)22-31(41)29(18-25-11-8-7-9-12-25)38-36(43)48-33-23-47-35-27(33)16-17-46-35/h7-9,11-12,14-15,19,24,27,29,31,33,35,41H,4-6,10,13,16-18,20-23H2,1-3H3,(H,37,42)(H,38,43)/t27-,29-,31+,33?,35+/m0/s1. The van der Waals surface area contributed by atoms with Crippen molar-refractivity contribution in [2.24, 2.45) is 11.8 Å². The summed E-state index contributed by atoms with van der Waals surface area (Å²) in [5, 5.41) is 21.9. The maximum absolute atomic E-state index is 14.2. The highest BCUT2D eigenvalue weighted by Crippen LogP contribution is 2.33. The van der Waals surface area contributed by atoms with Crippen LogP contribution in [0.25, 0.3) is 11.0 Å².